The minimum atomic E-state index is -5.32. The summed E-state index contributed by atoms with van der Waals surface area (Å²) in [4.78, 5) is 28.4. The Bertz CT molecular complexity index is 1980. The van der Waals surface area contributed by atoms with Gasteiger partial charge in [-0.25, -0.2) is 0 Å². The Labute approximate surface area is 208 Å². The van der Waals surface area contributed by atoms with Gasteiger partial charge in [0.2, 0.25) is 0 Å². The van der Waals surface area contributed by atoms with Gasteiger partial charge in [0.05, 0.1) is 0 Å². The summed E-state index contributed by atoms with van der Waals surface area (Å²) in [6.45, 7) is 0. The third-order valence-electron chi connectivity index (χ3n) is 7.08. The molecule has 4 aromatic carbocycles. The number of benzene rings is 4. The average Bonchev–Trinajstić information content (AvgIpc) is 3.56. The first-order valence-corrected chi connectivity index (χ1v) is 13.9. The van der Waals surface area contributed by atoms with E-state index in [1.807, 2.05) is 36.4 Å². The van der Waals surface area contributed by atoms with Gasteiger partial charge in [-0.1, -0.05) is 0 Å². The molecule has 37 heavy (non-hydrogen) atoms. The fourth-order valence-corrected chi connectivity index (χ4v) is 10.8. The quantitative estimate of drug-likeness (QED) is 0.262. The van der Waals surface area contributed by atoms with Gasteiger partial charge in [0.25, 0.3) is 0 Å². The summed E-state index contributed by atoms with van der Waals surface area (Å²) in [5, 5.41) is 0.507. The van der Waals surface area contributed by atoms with Crippen LogP contribution in [0.1, 0.15) is 0 Å². The number of aromatic nitrogens is 2. The third-order valence-corrected chi connectivity index (χ3v) is 12.0. The fourth-order valence-electron chi connectivity index (χ4n) is 5.62. The number of fused-ring (bicyclic) bond motifs is 7. The number of oxazole rings is 2. The van der Waals surface area contributed by atoms with E-state index in [0.717, 1.165) is 0 Å². The summed E-state index contributed by atoms with van der Waals surface area (Å²) in [5.41, 5.74) is 2.24. The van der Waals surface area contributed by atoms with Crippen LogP contribution in [-0.2, 0) is 0 Å². The van der Waals surface area contributed by atoms with Gasteiger partial charge in [0.1, 0.15) is 0 Å². The summed E-state index contributed by atoms with van der Waals surface area (Å²) in [7, 11) is -5.32. The van der Waals surface area contributed by atoms with Crippen molar-refractivity contribution in [1.29, 1.82) is 0 Å². The molecule has 0 radical (unpaired) electrons. The monoisotopic (exact) mass is 507 g/mol. The average molecular weight is 508 g/mol. The maximum atomic E-state index is 14.6. The van der Waals surface area contributed by atoms with Crippen LogP contribution in [0.2, 0.25) is 0 Å². The zero-order valence-corrected chi connectivity index (χ0v) is 20.1. The molecule has 9 nitrogen and oxygen atoms in total. The van der Waals surface area contributed by atoms with E-state index in [-0.39, 0.29) is 6.08 Å². The van der Waals surface area contributed by atoms with E-state index in [1.54, 1.807) is 66.7 Å². The molecule has 0 atom stereocenters. The Hall–Kier alpha value is -5.09. The normalized spacial score (nSPS) is 17.8. The first-order chi connectivity index (χ1) is 18.1. The molecule has 0 unspecified atom stereocenters. The van der Waals surface area contributed by atoms with Crippen molar-refractivity contribution >= 4 is 47.3 Å². The molecular formula is C27H17N3O6Si. The van der Waals surface area contributed by atoms with Crippen molar-refractivity contribution in [3.05, 3.63) is 114 Å². The summed E-state index contributed by atoms with van der Waals surface area (Å²) >= 11 is 0. The number of hydrogen-bond donors (Lipinski definition) is 0. The van der Waals surface area contributed by atoms with Crippen LogP contribution in [0.4, 0.5) is 10.5 Å². The Kier molecular flexibility index (Phi) is 3.57. The topological polar surface area (TPSA) is 90.9 Å². The summed E-state index contributed by atoms with van der Waals surface area (Å²) in [5.74, 6) is -0.311. The number of carbonyl (C=O) groups is 1. The predicted octanol–water partition coefficient (Wildman–Crippen LogP) is 3.73. The van der Waals surface area contributed by atoms with Gasteiger partial charge in [-0.05, 0) is 0 Å². The summed E-state index contributed by atoms with van der Waals surface area (Å²) in [6.07, 6.45) is -0.0791. The van der Waals surface area contributed by atoms with Crippen molar-refractivity contribution in [2.75, 3.05) is 4.57 Å². The van der Waals surface area contributed by atoms with Gasteiger partial charge in [0, 0.05) is 0 Å². The molecule has 0 spiro atoms. The second kappa shape index (κ2) is 6.56. The van der Waals surface area contributed by atoms with Crippen LogP contribution in [0.25, 0.3) is 22.2 Å². The van der Waals surface area contributed by atoms with Gasteiger partial charge < -0.3 is 0 Å². The first kappa shape index (κ1) is 20.1. The van der Waals surface area contributed by atoms with Crippen LogP contribution in [-0.4, -0.2) is 18.4 Å². The number of amides is 1. The van der Waals surface area contributed by atoms with Crippen LogP contribution in [0, 0.1) is 0 Å². The van der Waals surface area contributed by atoms with Gasteiger partial charge in [-0.3, -0.25) is 0 Å². The molecule has 0 saturated carbocycles. The van der Waals surface area contributed by atoms with Gasteiger partial charge in [-0.15, -0.1) is 0 Å². The standard InChI is InChI=1S/C27H17N3O6Si/c31-25-28-19-12-4-7-15-22(19)34-27(28)36-37(18-10-2-1-3-11-18,29(25)21-14-6-9-17-24(21)35-37)30-20-13-5-8-16-23(20)33-26(30)32/h1-17H. The molecule has 0 bridgehead atoms. The van der Waals surface area contributed by atoms with Crippen molar-refractivity contribution in [2.45, 2.75) is 0 Å². The van der Waals surface area contributed by atoms with E-state index >= 15 is 0 Å². The van der Waals surface area contributed by atoms with Crippen LogP contribution < -0.4 is 28.9 Å². The number of para-hydroxylation sites is 6. The molecule has 4 heterocycles. The summed E-state index contributed by atoms with van der Waals surface area (Å²) in [6, 6.07) is 29.9. The maximum absolute atomic E-state index is 14.6. The summed E-state index contributed by atoms with van der Waals surface area (Å²) < 4.78 is 29.9. The van der Waals surface area contributed by atoms with E-state index in [1.165, 1.54) is 13.4 Å². The second-order valence-corrected chi connectivity index (χ2v) is 12.8. The zero-order valence-electron chi connectivity index (χ0n) is 19.1. The van der Waals surface area contributed by atoms with E-state index in [4.69, 9.17) is 17.7 Å². The van der Waals surface area contributed by atoms with Gasteiger partial charge >= 0.3 is 209 Å². The molecular weight excluding hydrogens is 490 g/mol. The molecule has 2 aliphatic heterocycles. The van der Waals surface area contributed by atoms with Crippen molar-refractivity contribution < 1.29 is 27.0 Å². The van der Waals surface area contributed by atoms with Gasteiger partial charge in [-0.2, -0.15) is 0 Å². The third kappa shape index (κ3) is 2.22. The number of hydrogen-bond acceptors (Lipinski definition) is 6. The molecule has 0 saturated heterocycles. The molecule has 1 amide bonds. The van der Waals surface area contributed by atoms with Gasteiger partial charge in [0.15, 0.2) is 0 Å². The first-order valence-electron chi connectivity index (χ1n) is 11.7. The van der Waals surface area contributed by atoms with E-state index in [9.17, 15) is 9.59 Å². The molecule has 6 aromatic rings. The van der Waals surface area contributed by atoms with Crippen LogP contribution in [0.5, 0.6) is 11.8 Å². The molecule has 8 rings (SSSR count). The molecule has 2 aliphatic rings. The molecule has 0 N–H and O–H groups in total. The van der Waals surface area contributed by atoms with E-state index < -0.39 is 19.9 Å². The van der Waals surface area contributed by atoms with E-state index in [2.05, 4.69) is 0 Å². The molecule has 0 fully saturated rings. The SMILES string of the molecule is O=C1N2c3ccccc3O[Si-]2(c2ccccc2)(n2c(=O)oc3ccccc32)Oc2oc3ccccc3[n+]21. The number of anilines is 1. The molecule has 0 aliphatic carbocycles. The van der Waals surface area contributed by atoms with Crippen LogP contribution in [0.15, 0.2) is 117 Å². The number of nitrogens with zero attached hydrogens (tertiary/aromatic N) is 3. The number of carbonyl (C=O) groups excluding carboxylic acids is 1. The Morgan fingerprint density at radius 2 is 1.38 bits per heavy atom. The zero-order chi connectivity index (χ0) is 24.8. The minimum absolute atomic E-state index is 0.0791. The molecule has 180 valence electrons. The van der Waals surface area contributed by atoms with Crippen molar-refractivity contribution in [3.8, 4) is 11.8 Å². The fraction of sp³-hybridized carbons (Fsp3) is 0. The number of rotatable bonds is 2. The predicted molar refractivity (Wildman–Crippen MR) is 135 cm³/mol. The Morgan fingerprint density at radius 3 is 2.24 bits per heavy atom. The van der Waals surface area contributed by atoms with E-state index in [0.29, 0.717) is 38.8 Å². The van der Waals surface area contributed by atoms with Crippen LogP contribution in [0.3, 0.4) is 0 Å². The molecule has 10 heteroatoms. The molecule has 2 aromatic heterocycles. The Balaban J connectivity index is 1.62. The second-order valence-electron chi connectivity index (χ2n) is 8.97. The Morgan fingerprint density at radius 1 is 0.676 bits per heavy atom. The van der Waals surface area contributed by atoms with Crippen molar-refractivity contribution in [1.82, 2.24) is 4.23 Å². The van der Waals surface area contributed by atoms with Crippen LogP contribution >= 0.6 is 0 Å². The van der Waals surface area contributed by atoms with Crippen molar-refractivity contribution in [2.24, 2.45) is 0 Å². The van der Waals surface area contributed by atoms with Crippen molar-refractivity contribution in [3.63, 3.8) is 0 Å².